The number of pyridine rings is 1. The third-order valence-corrected chi connectivity index (χ3v) is 3.70. The van der Waals surface area contributed by atoms with E-state index in [9.17, 15) is 13.2 Å². The predicted octanol–water partition coefficient (Wildman–Crippen LogP) is 5.74. The van der Waals surface area contributed by atoms with E-state index in [-0.39, 0.29) is 5.56 Å². The van der Waals surface area contributed by atoms with Gasteiger partial charge in [-0.05, 0) is 30.2 Å². The van der Waals surface area contributed by atoms with Gasteiger partial charge in [-0.25, -0.2) is 0 Å². The Bertz CT molecular complexity index is 806. The summed E-state index contributed by atoms with van der Waals surface area (Å²) in [5.41, 5.74) is 2.26. The van der Waals surface area contributed by atoms with Gasteiger partial charge in [-0.1, -0.05) is 48.5 Å². The first-order valence-corrected chi connectivity index (χ1v) is 7.15. The Labute approximate surface area is 132 Å². The maximum atomic E-state index is 13.2. The lowest BCUT2D eigenvalue weighted by Crippen LogP contribution is -2.08. The second kappa shape index (κ2) is 5.88. The number of halogens is 3. The summed E-state index contributed by atoms with van der Waals surface area (Å²) in [7, 11) is 0. The third kappa shape index (κ3) is 3.11. The molecule has 0 radical (unpaired) electrons. The summed E-state index contributed by atoms with van der Waals surface area (Å²) in [4.78, 5) is 4.32. The number of hydrogen-bond acceptors (Lipinski definition) is 1. The van der Waals surface area contributed by atoms with Crippen LogP contribution >= 0.6 is 0 Å². The number of aryl methyl sites for hydroxylation is 1. The first-order valence-electron chi connectivity index (χ1n) is 7.15. The van der Waals surface area contributed by atoms with Crippen molar-refractivity contribution in [2.45, 2.75) is 13.1 Å². The van der Waals surface area contributed by atoms with Gasteiger partial charge in [0, 0.05) is 17.3 Å². The van der Waals surface area contributed by atoms with Gasteiger partial charge in [-0.15, -0.1) is 0 Å². The fourth-order valence-corrected chi connectivity index (χ4v) is 2.61. The molecule has 0 aliphatic heterocycles. The van der Waals surface area contributed by atoms with Crippen LogP contribution in [0.4, 0.5) is 13.2 Å². The Kier molecular flexibility index (Phi) is 3.90. The van der Waals surface area contributed by atoms with Crippen LogP contribution in [0.2, 0.25) is 0 Å². The van der Waals surface area contributed by atoms with E-state index in [0.717, 1.165) is 17.3 Å². The molecule has 4 heteroatoms. The van der Waals surface area contributed by atoms with Crippen LogP contribution in [0, 0.1) is 6.92 Å². The Hall–Kier alpha value is -2.62. The molecule has 0 saturated carbocycles. The molecule has 0 amide bonds. The highest BCUT2D eigenvalue weighted by Crippen LogP contribution is 2.38. The van der Waals surface area contributed by atoms with Crippen LogP contribution in [0.15, 0.2) is 66.9 Å². The number of rotatable bonds is 2. The molecule has 0 atom stereocenters. The van der Waals surface area contributed by atoms with Gasteiger partial charge in [0.15, 0.2) is 0 Å². The average molecular weight is 313 g/mol. The molecule has 2 aromatic carbocycles. The maximum absolute atomic E-state index is 13.2. The summed E-state index contributed by atoms with van der Waals surface area (Å²) in [6.45, 7) is 1.68. The number of benzene rings is 2. The third-order valence-electron chi connectivity index (χ3n) is 3.70. The molecule has 1 nitrogen and oxygen atoms in total. The summed E-state index contributed by atoms with van der Waals surface area (Å²) in [6, 6.07) is 17.2. The predicted molar refractivity (Wildman–Crippen MR) is 84.8 cm³/mol. The summed E-state index contributed by atoms with van der Waals surface area (Å²) >= 11 is 0. The van der Waals surface area contributed by atoms with Crippen LogP contribution in [-0.4, -0.2) is 4.98 Å². The Morgan fingerprint density at radius 2 is 1.52 bits per heavy atom. The van der Waals surface area contributed by atoms with E-state index in [2.05, 4.69) is 4.98 Å². The summed E-state index contributed by atoms with van der Waals surface area (Å²) < 4.78 is 39.7. The van der Waals surface area contributed by atoms with E-state index in [1.807, 2.05) is 30.3 Å². The van der Waals surface area contributed by atoms with Crippen molar-refractivity contribution in [3.05, 3.63) is 78.0 Å². The molecule has 0 saturated heterocycles. The van der Waals surface area contributed by atoms with Gasteiger partial charge >= 0.3 is 6.18 Å². The smallest absolute Gasteiger partial charge is 0.256 e. The largest absolute Gasteiger partial charge is 0.417 e. The first-order chi connectivity index (χ1) is 11.0. The lowest BCUT2D eigenvalue weighted by atomic mass is 9.95. The maximum Gasteiger partial charge on any atom is 0.417 e. The minimum Gasteiger partial charge on any atom is -0.256 e. The van der Waals surface area contributed by atoms with Crippen molar-refractivity contribution in [2.24, 2.45) is 0 Å². The zero-order chi connectivity index (χ0) is 16.4. The van der Waals surface area contributed by atoms with Crippen molar-refractivity contribution >= 4 is 0 Å². The quantitative estimate of drug-likeness (QED) is 0.587. The molecule has 1 heterocycles. The van der Waals surface area contributed by atoms with Gasteiger partial charge in [-0.2, -0.15) is 13.2 Å². The van der Waals surface area contributed by atoms with Gasteiger partial charge < -0.3 is 0 Å². The molecule has 0 spiro atoms. The molecule has 3 aromatic rings. The highest BCUT2D eigenvalue weighted by molar-refractivity contribution is 5.72. The van der Waals surface area contributed by atoms with E-state index in [4.69, 9.17) is 0 Å². The molecule has 116 valence electrons. The molecule has 1 aromatic heterocycles. The fraction of sp³-hybridized carbons (Fsp3) is 0.105. The first kappa shape index (κ1) is 15.3. The highest BCUT2D eigenvalue weighted by atomic mass is 19.4. The zero-order valence-corrected chi connectivity index (χ0v) is 12.4. The molecule has 0 bridgehead atoms. The summed E-state index contributed by atoms with van der Waals surface area (Å²) in [5.74, 6) is 0. The van der Waals surface area contributed by atoms with E-state index in [1.54, 1.807) is 25.1 Å². The van der Waals surface area contributed by atoms with E-state index in [0.29, 0.717) is 11.1 Å². The van der Waals surface area contributed by atoms with Crippen LogP contribution < -0.4 is 0 Å². The van der Waals surface area contributed by atoms with E-state index < -0.39 is 11.7 Å². The van der Waals surface area contributed by atoms with Crippen molar-refractivity contribution in [2.75, 3.05) is 0 Å². The summed E-state index contributed by atoms with van der Waals surface area (Å²) in [5, 5.41) is 0. The van der Waals surface area contributed by atoms with E-state index >= 15 is 0 Å². The van der Waals surface area contributed by atoms with Crippen LogP contribution in [0.5, 0.6) is 0 Å². The minimum absolute atomic E-state index is 0.187. The molecule has 23 heavy (non-hydrogen) atoms. The van der Waals surface area contributed by atoms with Gasteiger partial charge in [-0.3, -0.25) is 4.98 Å². The number of nitrogens with zero attached hydrogens (tertiary/aromatic N) is 1. The minimum atomic E-state index is -4.39. The van der Waals surface area contributed by atoms with Gasteiger partial charge in [0.1, 0.15) is 0 Å². The SMILES string of the molecule is Cc1cccc(C(F)(F)F)c1-c1ccc(-c2ccccc2)nc1. The molecular weight excluding hydrogens is 299 g/mol. The summed E-state index contributed by atoms with van der Waals surface area (Å²) in [6.07, 6.45) is -2.89. The van der Waals surface area contributed by atoms with Crippen molar-refractivity contribution in [3.63, 3.8) is 0 Å². The van der Waals surface area contributed by atoms with Crippen molar-refractivity contribution < 1.29 is 13.2 Å². The average Bonchev–Trinajstić information content (AvgIpc) is 2.55. The van der Waals surface area contributed by atoms with Crippen molar-refractivity contribution in [1.29, 1.82) is 0 Å². The molecule has 0 aliphatic rings. The molecule has 3 rings (SSSR count). The Morgan fingerprint density at radius 3 is 2.13 bits per heavy atom. The van der Waals surface area contributed by atoms with Crippen LogP contribution in [-0.2, 0) is 6.18 Å². The van der Waals surface area contributed by atoms with Crippen LogP contribution in [0.3, 0.4) is 0 Å². The number of hydrogen-bond donors (Lipinski definition) is 0. The van der Waals surface area contributed by atoms with Gasteiger partial charge in [0.25, 0.3) is 0 Å². The standard InChI is InChI=1S/C19H14F3N/c1-13-6-5-9-16(19(20,21)22)18(13)15-10-11-17(23-12-15)14-7-3-2-4-8-14/h2-12H,1H3. The van der Waals surface area contributed by atoms with Gasteiger partial charge in [0.2, 0.25) is 0 Å². The molecular formula is C19H14F3N. The Morgan fingerprint density at radius 1 is 0.783 bits per heavy atom. The van der Waals surface area contributed by atoms with Crippen LogP contribution in [0.25, 0.3) is 22.4 Å². The lowest BCUT2D eigenvalue weighted by Gasteiger charge is -2.15. The fourth-order valence-electron chi connectivity index (χ4n) is 2.61. The topological polar surface area (TPSA) is 12.9 Å². The second-order valence-electron chi connectivity index (χ2n) is 5.29. The normalized spacial score (nSPS) is 11.5. The van der Waals surface area contributed by atoms with E-state index in [1.165, 1.54) is 12.3 Å². The highest BCUT2D eigenvalue weighted by Gasteiger charge is 2.34. The molecule has 0 fully saturated rings. The number of aromatic nitrogens is 1. The van der Waals surface area contributed by atoms with Crippen molar-refractivity contribution in [1.82, 2.24) is 4.98 Å². The second-order valence-corrected chi connectivity index (χ2v) is 5.29. The molecule has 0 unspecified atom stereocenters. The lowest BCUT2D eigenvalue weighted by molar-refractivity contribution is -0.137. The monoisotopic (exact) mass is 313 g/mol. The zero-order valence-electron chi connectivity index (χ0n) is 12.4. The Balaban J connectivity index is 2.07. The van der Waals surface area contributed by atoms with Crippen molar-refractivity contribution in [3.8, 4) is 22.4 Å². The number of alkyl halides is 3. The van der Waals surface area contributed by atoms with Gasteiger partial charge in [0.05, 0.1) is 11.3 Å². The molecule has 0 aliphatic carbocycles. The molecule has 0 N–H and O–H groups in total. The van der Waals surface area contributed by atoms with Crippen LogP contribution in [0.1, 0.15) is 11.1 Å².